The van der Waals surface area contributed by atoms with Crippen molar-refractivity contribution in [3.8, 4) is 11.9 Å². The van der Waals surface area contributed by atoms with Crippen molar-refractivity contribution >= 4 is 23.5 Å². The molecule has 33 heavy (non-hydrogen) atoms. The van der Waals surface area contributed by atoms with Gasteiger partial charge < -0.3 is 15.8 Å². The van der Waals surface area contributed by atoms with Gasteiger partial charge in [-0.05, 0) is 25.0 Å². The number of Topliss-reactive ketones (excluding diaryl/α,β-unsaturated/α-hetero) is 1. The number of hydrogen-bond acceptors (Lipinski definition) is 9. The van der Waals surface area contributed by atoms with Crippen LogP contribution in [0, 0.1) is 11.3 Å². The molecule has 1 aromatic carbocycles. The highest BCUT2D eigenvalue weighted by Gasteiger charge is 2.31. The highest BCUT2D eigenvalue weighted by Crippen LogP contribution is 2.30. The third kappa shape index (κ3) is 7.04. The number of ketones is 1. The van der Waals surface area contributed by atoms with Gasteiger partial charge in [0.2, 0.25) is 17.7 Å². The number of nitrogens with one attached hydrogen (secondary N) is 2. The molecule has 0 bridgehead atoms. The van der Waals surface area contributed by atoms with Gasteiger partial charge in [-0.1, -0.05) is 18.2 Å². The first-order valence-electron chi connectivity index (χ1n) is 9.74. The predicted molar refractivity (Wildman–Crippen MR) is 111 cm³/mol. The minimum atomic E-state index is -4.56. The van der Waals surface area contributed by atoms with Crippen molar-refractivity contribution < 1.29 is 27.5 Å². The predicted octanol–water partition coefficient (Wildman–Crippen LogP) is 1.71. The Morgan fingerprint density at radius 2 is 2.03 bits per heavy atom. The maximum atomic E-state index is 13.0. The number of nitrogens with zero attached hydrogens (tertiary/aromatic N) is 3. The molecule has 13 heteroatoms. The lowest BCUT2D eigenvalue weighted by atomic mass is 9.98. The Hall–Kier alpha value is -3.92. The van der Waals surface area contributed by atoms with Crippen molar-refractivity contribution in [1.82, 2.24) is 15.4 Å². The van der Waals surface area contributed by atoms with Gasteiger partial charge in [-0.25, -0.2) is 5.84 Å². The molecule has 0 aliphatic heterocycles. The SMILES string of the molecule is CCOc1nc(N)nc(N[C@@H](CCC(=O)NN)C(=O)Cc2cccc(C(F)(F)F)c2)c1C#N. The van der Waals surface area contributed by atoms with E-state index in [4.69, 9.17) is 16.3 Å². The maximum absolute atomic E-state index is 13.0. The Morgan fingerprint density at radius 1 is 1.30 bits per heavy atom. The molecule has 2 rings (SSSR count). The number of alkyl halides is 3. The van der Waals surface area contributed by atoms with E-state index in [1.807, 2.05) is 11.5 Å². The van der Waals surface area contributed by atoms with Crippen LogP contribution in [0.3, 0.4) is 0 Å². The minimum Gasteiger partial charge on any atom is -0.477 e. The van der Waals surface area contributed by atoms with Crippen molar-refractivity contribution in [2.24, 2.45) is 5.84 Å². The van der Waals surface area contributed by atoms with Crippen LogP contribution >= 0.6 is 0 Å². The fourth-order valence-corrected chi connectivity index (χ4v) is 2.91. The number of halogens is 3. The molecule has 0 fully saturated rings. The molecule has 0 unspecified atom stereocenters. The molecule has 1 heterocycles. The highest BCUT2D eigenvalue weighted by atomic mass is 19.4. The molecule has 0 spiro atoms. The van der Waals surface area contributed by atoms with Crippen LogP contribution in [-0.4, -0.2) is 34.3 Å². The Labute approximate surface area is 187 Å². The molecule has 1 aromatic heterocycles. The summed E-state index contributed by atoms with van der Waals surface area (Å²) in [5, 5.41) is 12.3. The van der Waals surface area contributed by atoms with E-state index >= 15 is 0 Å². The Bertz CT molecular complexity index is 1050. The largest absolute Gasteiger partial charge is 0.477 e. The third-order valence-corrected chi connectivity index (χ3v) is 4.44. The standard InChI is InChI=1S/C20H22F3N7O3/c1-2-33-18-13(10-24)17(28-19(25)29-18)27-14(6-7-16(32)30-26)15(31)9-11-4-3-5-12(8-11)20(21,22)23/h3-5,8,14H,2,6-7,9,26H2,1H3,(H,30,32)(H3,25,27,28,29)/t14-/m0/s1. The number of carbonyl (C=O) groups excluding carboxylic acids is 2. The summed E-state index contributed by atoms with van der Waals surface area (Å²) in [6.45, 7) is 1.85. The normalized spacial score (nSPS) is 11.9. The minimum absolute atomic E-state index is 0.0838. The fourth-order valence-electron chi connectivity index (χ4n) is 2.91. The van der Waals surface area contributed by atoms with Gasteiger partial charge in [0.15, 0.2) is 17.2 Å². The van der Waals surface area contributed by atoms with E-state index in [-0.39, 0.29) is 54.6 Å². The summed E-state index contributed by atoms with van der Waals surface area (Å²) in [5.41, 5.74) is 6.72. The summed E-state index contributed by atoms with van der Waals surface area (Å²) in [5.74, 6) is 3.53. The van der Waals surface area contributed by atoms with Crippen molar-refractivity contribution in [2.45, 2.75) is 38.4 Å². The second-order valence-corrected chi connectivity index (χ2v) is 6.80. The van der Waals surface area contributed by atoms with Gasteiger partial charge in [0.25, 0.3) is 0 Å². The first-order valence-corrected chi connectivity index (χ1v) is 9.74. The zero-order valence-corrected chi connectivity index (χ0v) is 17.6. The molecule has 0 radical (unpaired) electrons. The maximum Gasteiger partial charge on any atom is 0.416 e. The number of ether oxygens (including phenoxy) is 1. The van der Waals surface area contributed by atoms with Gasteiger partial charge in [0.05, 0.1) is 18.2 Å². The number of rotatable bonds is 10. The van der Waals surface area contributed by atoms with Gasteiger partial charge in [-0.3, -0.25) is 15.0 Å². The van der Waals surface area contributed by atoms with Gasteiger partial charge in [0.1, 0.15) is 6.07 Å². The van der Waals surface area contributed by atoms with Crippen molar-refractivity contribution in [3.63, 3.8) is 0 Å². The molecular weight excluding hydrogens is 443 g/mol. The first kappa shape index (κ1) is 25.3. The Kier molecular flexibility index (Phi) is 8.52. The number of hydrazine groups is 1. The lowest BCUT2D eigenvalue weighted by Gasteiger charge is -2.20. The second kappa shape index (κ2) is 11.1. The van der Waals surface area contributed by atoms with E-state index in [9.17, 15) is 28.0 Å². The summed E-state index contributed by atoms with van der Waals surface area (Å²) in [7, 11) is 0. The molecule has 1 amide bonds. The van der Waals surface area contributed by atoms with E-state index in [2.05, 4.69) is 15.3 Å². The van der Waals surface area contributed by atoms with Crippen molar-refractivity contribution in [1.29, 1.82) is 5.26 Å². The van der Waals surface area contributed by atoms with Gasteiger partial charge in [-0.15, -0.1) is 0 Å². The molecule has 0 saturated carbocycles. The van der Waals surface area contributed by atoms with Crippen LogP contribution in [-0.2, 0) is 22.2 Å². The van der Waals surface area contributed by atoms with E-state index < -0.39 is 29.5 Å². The number of carbonyl (C=O) groups is 2. The summed E-state index contributed by atoms with van der Waals surface area (Å²) in [4.78, 5) is 32.4. The number of nitrogens with two attached hydrogens (primary N) is 2. The van der Waals surface area contributed by atoms with Crippen LogP contribution in [0.25, 0.3) is 0 Å². The monoisotopic (exact) mass is 465 g/mol. The van der Waals surface area contributed by atoms with Crippen LogP contribution in [0.15, 0.2) is 24.3 Å². The molecule has 6 N–H and O–H groups in total. The fraction of sp³-hybridized carbons (Fsp3) is 0.350. The average molecular weight is 465 g/mol. The number of nitriles is 1. The smallest absolute Gasteiger partial charge is 0.416 e. The zero-order chi connectivity index (χ0) is 24.6. The van der Waals surface area contributed by atoms with E-state index in [1.54, 1.807) is 6.92 Å². The second-order valence-electron chi connectivity index (χ2n) is 6.80. The Morgan fingerprint density at radius 3 is 2.64 bits per heavy atom. The van der Waals surface area contributed by atoms with E-state index in [1.165, 1.54) is 12.1 Å². The van der Waals surface area contributed by atoms with Crippen LogP contribution in [0.2, 0.25) is 0 Å². The lowest BCUT2D eigenvalue weighted by molar-refractivity contribution is -0.137. The molecule has 10 nitrogen and oxygen atoms in total. The van der Waals surface area contributed by atoms with Crippen molar-refractivity contribution in [2.75, 3.05) is 17.7 Å². The lowest BCUT2D eigenvalue weighted by Crippen LogP contribution is -2.35. The number of anilines is 2. The summed E-state index contributed by atoms with van der Waals surface area (Å²) in [6, 6.07) is 5.11. The number of aromatic nitrogens is 2. The van der Waals surface area contributed by atoms with Crippen LogP contribution < -0.4 is 27.1 Å². The molecule has 0 aliphatic rings. The van der Waals surface area contributed by atoms with Crippen LogP contribution in [0.4, 0.5) is 24.9 Å². The number of nitrogen functional groups attached to an aromatic ring is 1. The molecule has 1 atom stereocenters. The summed E-state index contributed by atoms with van der Waals surface area (Å²) in [6.07, 6.45) is -5.19. The first-order chi connectivity index (χ1) is 15.6. The van der Waals surface area contributed by atoms with Crippen molar-refractivity contribution in [3.05, 3.63) is 41.0 Å². The van der Waals surface area contributed by atoms with E-state index in [0.29, 0.717) is 0 Å². The molecule has 0 aliphatic carbocycles. The average Bonchev–Trinajstić information content (AvgIpc) is 2.76. The zero-order valence-electron chi connectivity index (χ0n) is 17.6. The number of amides is 1. The van der Waals surface area contributed by atoms with Crippen LogP contribution in [0.5, 0.6) is 5.88 Å². The molecule has 176 valence electrons. The summed E-state index contributed by atoms with van der Waals surface area (Å²) < 4.78 is 44.3. The molecule has 0 saturated heterocycles. The third-order valence-electron chi connectivity index (χ3n) is 4.44. The van der Waals surface area contributed by atoms with Gasteiger partial charge in [0, 0.05) is 12.8 Å². The number of benzene rings is 1. The van der Waals surface area contributed by atoms with Gasteiger partial charge >= 0.3 is 6.18 Å². The molecular formula is C20H22F3N7O3. The molecule has 2 aromatic rings. The van der Waals surface area contributed by atoms with E-state index in [0.717, 1.165) is 12.1 Å². The topological polar surface area (TPSA) is 169 Å². The van der Waals surface area contributed by atoms with Crippen LogP contribution in [0.1, 0.15) is 36.5 Å². The summed E-state index contributed by atoms with van der Waals surface area (Å²) >= 11 is 0. The number of hydrogen-bond donors (Lipinski definition) is 4. The van der Waals surface area contributed by atoms with Gasteiger partial charge in [-0.2, -0.15) is 28.4 Å². The Balaban J connectivity index is 2.35. The quantitative estimate of drug-likeness (QED) is 0.232. The highest BCUT2D eigenvalue weighted by molar-refractivity contribution is 5.89.